The summed E-state index contributed by atoms with van der Waals surface area (Å²) >= 11 is 0. The highest BCUT2D eigenvalue weighted by Crippen LogP contribution is 2.19. The number of carbonyl (C=O) groups excluding carboxylic acids is 1. The van der Waals surface area contributed by atoms with Gasteiger partial charge < -0.3 is 10.3 Å². The summed E-state index contributed by atoms with van der Waals surface area (Å²) in [5.74, 6) is -0.284. The first kappa shape index (κ1) is 13.4. The van der Waals surface area contributed by atoms with Crippen molar-refractivity contribution in [1.82, 2.24) is 10.3 Å². The van der Waals surface area contributed by atoms with Crippen LogP contribution in [0.4, 0.5) is 0 Å². The van der Waals surface area contributed by atoms with Crippen LogP contribution in [0.2, 0.25) is 0 Å². The van der Waals surface area contributed by atoms with Gasteiger partial charge in [-0.15, -0.1) is 0 Å². The summed E-state index contributed by atoms with van der Waals surface area (Å²) in [6, 6.07) is 1.44. The molecule has 0 radical (unpaired) electrons. The van der Waals surface area contributed by atoms with Gasteiger partial charge in [0.15, 0.2) is 0 Å². The molecular formula is C11H15ClN2O3S. The molecular weight excluding hydrogens is 276 g/mol. The molecule has 0 spiro atoms. The molecule has 1 heterocycles. The van der Waals surface area contributed by atoms with Crippen LogP contribution in [0.25, 0.3) is 0 Å². The molecule has 1 fully saturated rings. The molecule has 2 N–H and O–H groups in total. The quantitative estimate of drug-likeness (QED) is 0.836. The minimum Gasteiger partial charge on any atom is -0.356 e. The van der Waals surface area contributed by atoms with Crippen molar-refractivity contribution in [3.8, 4) is 0 Å². The van der Waals surface area contributed by atoms with Crippen LogP contribution < -0.4 is 5.32 Å². The van der Waals surface area contributed by atoms with Crippen LogP contribution in [0.5, 0.6) is 0 Å². The maximum Gasteiger partial charge on any atom is 0.267 e. The first-order valence-corrected chi connectivity index (χ1v) is 8.22. The second-order valence-corrected chi connectivity index (χ2v) is 7.06. The van der Waals surface area contributed by atoms with E-state index in [2.05, 4.69) is 10.3 Å². The van der Waals surface area contributed by atoms with Crippen LogP contribution >= 0.6 is 10.7 Å². The third-order valence-electron chi connectivity index (χ3n) is 3.12. The minimum absolute atomic E-state index is 0.0852. The third-order valence-corrected chi connectivity index (χ3v) is 4.46. The molecule has 0 bridgehead atoms. The summed E-state index contributed by atoms with van der Waals surface area (Å²) in [7, 11) is 1.40. The van der Waals surface area contributed by atoms with Crippen LogP contribution in [-0.2, 0) is 9.05 Å². The van der Waals surface area contributed by atoms with Crippen molar-refractivity contribution in [2.24, 2.45) is 0 Å². The lowest BCUT2D eigenvalue weighted by Gasteiger charge is -2.22. The summed E-state index contributed by atoms with van der Waals surface area (Å²) in [4.78, 5) is 14.4. The zero-order chi connectivity index (χ0) is 13.2. The van der Waals surface area contributed by atoms with E-state index in [1.807, 2.05) is 0 Å². The fraction of sp³-hybridized carbons (Fsp3) is 0.545. The summed E-state index contributed by atoms with van der Waals surface area (Å²) in [5.41, 5.74) is 0.222. The molecule has 1 aromatic rings. The van der Waals surface area contributed by atoms with E-state index in [-0.39, 0.29) is 22.5 Å². The molecule has 0 aliphatic heterocycles. The Balaban J connectivity index is 2.02. The smallest absolute Gasteiger partial charge is 0.267 e. The molecule has 100 valence electrons. The highest BCUT2D eigenvalue weighted by molar-refractivity contribution is 8.13. The molecule has 0 saturated heterocycles. The first-order chi connectivity index (χ1) is 8.47. The summed E-state index contributed by atoms with van der Waals surface area (Å²) < 4.78 is 22.1. The highest BCUT2D eigenvalue weighted by Gasteiger charge is 2.19. The van der Waals surface area contributed by atoms with Gasteiger partial charge in [0.25, 0.3) is 15.0 Å². The predicted molar refractivity (Wildman–Crippen MR) is 68.2 cm³/mol. The van der Waals surface area contributed by atoms with Crippen molar-refractivity contribution >= 4 is 25.6 Å². The van der Waals surface area contributed by atoms with E-state index in [1.54, 1.807) is 0 Å². The predicted octanol–water partition coefficient (Wildman–Crippen LogP) is 2.00. The normalized spacial score (nSPS) is 17.6. The number of rotatable bonds is 3. The third kappa shape index (κ3) is 3.26. The Hall–Kier alpha value is -1.01. The maximum atomic E-state index is 11.9. The molecule has 0 atom stereocenters. The summed E-state index contributed by atoms with van der Waals surface area (Å²) in [5, 5.41) is 2.89. The Bertz CT molecular complexity index is 532. The van der Waals surface area contributed by atoms with Crippen molar-refractivity contribution in [2.75, 3.05) is 0 Å². The Morgan fingerprint density at radius 2 is 2.00 bits per heavy atom. The topological polar surface area (TPSA) is 79.0 Å². The second kappa shape index (κ2) is 5.32. The van der Waals surface area contributed by atoms with Gasteiger partial charge in [-0.2, -0.15) is 0 Å². The number of carbonyl (C=O) groups is 1. The van der Waals surface area contributed by atoms with Crippen molar-refractivity contribution in [3.63, 3.8) is 0 Å². The van der Waals surface area contributed by atoms with Gasteiger partial charge in [0.1, 0.15) is 10.6 Å². The average molecular weight is 291 g/mol. The number of aromatic nitrogens is 1. The molecule has 1 aliphatic carbocycles. The lowest BCUT2D eigenvalue weighted by atomic mass is 9.95. The van der Waals surface area contributed by atoms with Gasteiger partial charge in [-0.3, -0.25) is 4.79 Å². The van der Waals surface area contributed by atoms with Crippen LogP contribution in [-0.4, -0.2) is 25.4 Å². The van der Waals surface area contributed by atoms with Crippen LogP contribution in [0, 0.1) is 0 Å². The minimum atomic E-state index is -3.79. The number of halogens is 1. The fourth-order valence-electron chi connectivity index (χ4n) is 2.16. The molecule has 5 nitrogen and oxygen atoms in total. The number of nitrogens with one attached hydrogen (secondary N) is 2. The lowest BCUT2D eigenvalue weighted by Crippen LogP contribution is -2.36. The molecule has 0 unspecified atom stereocenters. The van der Waals surface area contributed by atoms with Crippen molar-refractivity contribution in [1.29, 1.82) is 0 Å². The highest BCUT2D eigenvalue weighted by atomic mass is 35.7. The Labute approximate surface area is 110 Å². The maximum absolute atomic E-state index is 11.9. The monoisotopic (exact) mass is 290 g/mol. The molecule has 18 heavy (non-hydrogen) atoms. The van der Waals surface area contributed by atoms with Gasteiger partial charge >= 0.3 is 0 Å². The molecule has 7 heteroatoms. The zero-order valence-corrected chi connectivity index (χ0v) is 11.4. The summed E-state index contributed by atoms with van der Waals surface area (Å²) in [6.07, 6.45) is 6.63. The van der Waals surface area contributed by atoms with Gasteiger partial charge in [-0.1, -0.05) is 19.3 Å². The molecule has 1 aliphatic rings. The van der Waals surface area contributed by atoms with Crippen LogP contribution in [0.1, 0.15) is 42.6 Å². The largest absolute Gasteiger partial charge is 0.356 e. The standard InChI is InChI=1S/C11H15ClN2O3S/c12-18(16,17)9-6-10(13-7-9)11(15)14-8-4-2-1-3-5-8/h6-8,13H,1-5H2,(H,14,15). The number of H-pyrrole nitrogens is 1. The summed E-state index contributed by atoms with van der Waals surface area (Å²) in [6.45, 7) is 0. The van der Waals surface area contributed by atoms with E-state index in [4.69, 9.17) is 10.7 Å². The number of hydrogen-bond acceptors (Lipinski definition) is 3. The van der Waals surface area contributed by atoms with E-state index in [0.29, 0.717) is 0 Å². The van der Waals surface area contributed by atoms with Crippen molar-refractivity contribution in [2.45, 2.75) is 43.0 Å². The number of hydrogen-bond donors (Lipinski definition) is 2. The van der Waals surface area contributed by atoms with Gasteiger partial charge in [0.2, 0.25) is 0 Å². The van der Waals surface area contributed by atoms with Crippen LogP contribution in [0.15, 0.2) is 17.2 Å². The zero-order valence-electron chi connectivity index (χ0n) is 9.78. The molecule has 1 amide bonds. The molecule has 2 rings (SSSR count). The van der Waals surface area contributed by atoms with Gasteiger partial charge in [-0.25, -0.2) is 8.42 Å². The van der Waals surface area contributed by atoms with Crippen molar-refractivity contribution < 1.29 is 13.2 Å². The Kier molecular flexibility index (Phi) is 3.97. The molecule has 1 aromatic heterocycles. The SMILES string of the molecule is O=C(NC1CCCCC1)c1cc(S(=O)(=O)Cl)c[nH]1. The fourth-order valence-corrected chi connectivity index (χ4v) is 2.88. The van der Waals surface area contributed by atoms with Gasteiger partial charge in [0.05, 0.1) is 0 Å². The van der Waals surface area contributed by atoms with Gasteiger partial charge in [0, 0.05) is 22.9 Å². The molecule has 1 saturated carbocycles. The number of amides is 1. The average Bonchev–Trinajstić information content (AvgIpc) is 2.79. The van der Waals surface area contributed by atoms with Crippen LogP contribution in [0.3, 0.4) is 0 Å². The number of aromatic amines is 1. The molecule has 0 aromatic carbocycles. The van der Waals surface area contributed by atoms with E-state index in [0.717, 1.165) is 25.7 Å². The Morgan fingerprint density at radius 3 is 2.56 bits per heavy atom. The van der Waals surface area contributed by atoms with Gasteiger partial charge in [-0.05, 0) is 18.9 Å². The van der Waals surface area contributed by atoms with E-state index < -0.39 is 9.05 Å². The van der Waals surface area contributed by atoms with E-state index >= 15 is 0 Å². The lowest BCUT2D eigenvalue weighted by molar-refractivity contribution is 0.0923. The van der Waals surface area contributed by atoms with E-state index in [9.17, 15) is 13.2 Å². The first-order valence-electron chi connectivity index (χ1n) is 5.91. The van der Waals surface area contributed by atoms with E-state index in [1.165, 1.54) is 18.7 Å². The van der Waals surface area contributed by atoms with Crippen molar-refractivity contribution in [3.05, 3.63) is 18.0 Å². The Morgan fingerprint density at radius 1 is 1.33 bits per heavy atom. The second-order valence-electron chi connectivity index (χ2n) is 4.50.